The number of amides is 2. The molecular weight excluding hydrogens is 280 g/mol. The van der Waals surface area contributed by atoms with Crippen molar-refractivity contribution in [3.63, 3.8) is 0 Å². The number of likely N-dealkylation sites (N-methyl/N-ethyl adjacent to an activating group) is 1. The highest BCUT2D eigenvalue weighted by Crippen LogP contribution is 2.20. The average Bonchev–Trinajstić information content (AvgIpc) is 2.47. The molecule has 0 aliphatic carbocycles. The first kappa shape index (κ1) is 16.3. The Hall–Kier alpha value is -2.08. The Morgan fingerprint density at radius 2 is 1.86 bits per heavy atom. The zero-order valence-corrected chi connectivity index (χ0v) is 13.4. The molecule has 0 aromatic heterocycles. The summed E-state index contributed by atoms with van der Waals surface area (Å²) < 4.78 is 0. The number of primary amides is 1. The Balaban J connectivity index is 2.17. The molecule has 22 heavy (non-hydrogen) atoms. The van der Waals surface area contributed by atoms with E-state index in [1.165, 1.54) is 0 Å². The molecule has 1 aliphatic heterocycles. The molecule has 6 nitrogen and oxygen atoms in total. The smallest absolute Gasteiger partial charge is 0.248 e. The van der Waals surface area contributed by atoms with Crippen molar-refractivity contribution in [1.82, 2.24) is 10.2 Å². The number of anilines is 1. The topological polar surface area (TPSA) is 78.7 Å². The average molecular weight is 304 g/mol. The zero-order valence-electron chi connectivity index (χ0n) is 13.4. The van der Waals surface area contributed by atoms with E-state index in [0.29, 0.717) is 5.56 Å². The molecule has 1 aromatic rings. The number of rotatable bonds is 4. The highest BCUT2D eigenvalue weighted by molar-refractivity contribution is 5.93. The summed E-state index contributed by atoms with van der Waals surface area (Å²) in [5, 5.41) is 3.09. The molecule has 0 radical (unpaired) electrons. The van der Waals surface area contributed by atoms with Crippen LogP contribution in [0, 0.1) is 5.92 Å². The monoisotopic (exact) mass is 304 g/mol. The summed E-state index contributed by atoms with van der Waals surface area (Å²) in [5.41, 5.74) is 6.74. The van der Waals surface area contributed by atoms with Gasteiger partial charge in [-0.2, -0.15) is 0 Å². The molecular formula is C16H24N4O2. The van der Waals surface area contributed by atoms with Crippen molar-refractivity contribution in [3.05, 3.63) is 29.8 Å². The maximum atomic E-state index is 12.0. The van der Waals surface area contributed by atoms with Crippen molar-refractivity contribution in [3.8, 4) is 0 Å². The van der Waals surface area contributed by atoms with Gasteiger partial charge >= 0.3 is 0 Å². The second kappa shape index (κ2) is 6.79. The maximum Gasteiger partial charge on any atom is 0.248 e. The lowest BCUT2D eigenvalue weighted by Gasteiger charge is -2.42. The van der Waals surface area contributed by atoms with E-state index in [1.807, 2.05) is 33.0 Å². The highest BCUT2D eigenvalue weighted by atomic mass is 16.2. The van der Waals surface area contributed by atoms with E-state index in [-0.39, 0.29) is 18.0 Å². The van der Waals surface area contributed by atoms with Crippen LogP contribution >= 0.6 is 0 Å². The molecule has 1 unspecified atom stereocenters. The van der Waals surface area contributed by atoms with Gasteiger partial charge < -0.3 is 20.9 Å². The van der Waals surface area contributed by atoms with Crippen molar-refractivity contribution < 1.29 is 9.59 Å². The lowest BCUT2D eigenvalue weighted by atomic mass is 10.1. The van der Waals surface area contributed by atoms with Gasteiger partial charge in [-0.05, 0) is 31.3 Å². The third-order valence-electron chi connectivity index (χ3n) is 3.90. The predicted octanol–water partition coefficient (Wildman–Crippen LogP) is 0.636. The fourth-order valence-corrected chi connectivity index (χ4v) is 2.50. The molecule has 1 aromatic carbocycles. The van der Waals surface area contributed by atoms with Crippen LogP contribution in [-0.4, -0.2) is 49.6 Å². The molecule has 2 rings (SSSR count). The van der Waals surface area contributed by atoms with Crippen LogP contribution in [0.25, 0.3) is 0 Å². The lowest BCUT2D eigenvalue weighted by Crippen LogP contribution is -2.60. The SMILES string of the molecule is CC(C)C(=O)NC1CN(C)CCN1c1ccc(C(N)=O)cc1. The molecule has 0 bridgehead atoms. The van der Waals surface area contributed by atoms with Crippen LogP contribution in [-0.2, 0) is 4.79 Å². The Morgan fingerprint density at radius 3 is 2.41 bits per heavy atom. The maximum absolute atomic E-state index is 12.0. The summed E-state index contributed by atoms with van der Waals surface area (Å²) in [5.74, 6) is -0.444. The standard InChI is InChI=1S/C16H24N4O2/c1-11(2)16(22)18-14-10-19(3)8-9-20(14)13-6-4-12(5-7-13)15(17)21/h4-7,11,14H,8-10H2,1-3H3,(H2,17,21)(H,18,22). The molecule has 0 saturated carbocycles. The molecule has 3 N–H and O–H groups in total. The van der Waals surface area contributed by atoms with Crippen molar-refractivity contribution in [2.75, 3.05) is 31.6 Å². The Bertz CT molecular complexity index is 542. The van der Waals surface area contributed by atoms with Gasteiger partial charge in [-0.3, -0.25) is 9.59 Å². The van der Waals surface area contributed by atoms with E-state index in [2.05, 4.69) is 15.1 Å². The number of carbonyl (C=O) groups excluding carboxylic acids is 2. The number of hydrogen-bond donors (Lipinski definition) is 2. The van der Waals surface area contributed by atoms with Crippen LogP contribution in [0.3, 0.4) is 0 Å². The summed E-state index contributed by atoms with van der Waals surface area (Å²) >= 11 is 0. The van der Waals surface area contributed by atoms with Crippen molar-refractivity contribution >= 4 is 17.5 Å². The lowest BCUT2D eigenvalue weighted by molar-refractivity contribution is -0.124. The summed E-state index contributed by atoms with van der Waals surface area (Å²) in [6, 6.07) is 7.19. The second-order valence-corrected chi connectivity index (χ2v) is 6.05. The van der Waals surface area contributed by atoms with E-state index in [4.69, 9.17) is 5.73 Å². The van der Waals surface area contributed by atoms with Crippen molar-refractivity contribution in [2.24, 2.45) is 11.7 Å². The first-order valence-corrected chi connectivity index (χ1v) is 7.54. The fourth-order valence-electron chi connectivity index (χ4n) is 2.50. The minimum absolute atomic E-state index is 0.0408. The summed E-state index contributed by atoms with van der Waals surface area (Å²) in [7, 11) is 2.04. The molecule has 0 spiro atoms. The molecule has 2 amide bonds. The van der Waals surface area contributed by atoms with Crippen LogP contribution in [0.1, 0.15) is 24.2 Å². The normalized spacial score (nSPS) is 19.3. The zero-order chi connectivity index (χ0) is 16.3. The molecule has 1 heterocycles. The second-order valence-electron chi connectivity index (χ2n) is 6.05. The van der Waals surface area contributed by atoms with Gasteiger partial charge in [-0.1, -0.05) is 13.8 Å². The van der Waals surface area contributed by atoms with Crippen LogP contribution < -0.4 is 16.0 Å². The largest absolute Gasteiger partial charge is 0.366 e. The minimum Gasteiger partial charge on any atom is -0.366 e. The summed E-state index contributed by atoms with van der Waals surface area (Å²) in [6.07, 6.45) is -0.0759. The third kappa shape index (κ3) is 3.76. The third-order valence-corrected chi connectivity index (χ3v) is 3.90. The van der Waals surface area contributed by atoms with Gasteiger partial charge in [0.2, 0.25) is 11.8 Å². The van der Waals surface area contributed by atoms with Crippen LogP contribution in [0.2, 0.25) is 0 Å². The number of benzene rings is 1. The minimum atomic E-state index is -0.436. The molecule has 120 valence electrons. The predicted molar refractivity (Wildman–Crippen MR) is 86.6 cm³/mol. The Morgan fingerprint density at radius 1 is 1.23 bits per heavy atom. The Labute approximate surface area is 131 Å². The number of nitrogens with zero attached hydrogens (tertiary/aromatic N) is 2. The Kier molecular flexibility index (Phi) is 5.03. The molecule has 1 saturated heterocycles. The first-order valence-electron chi connectivity index (χ1n) is 7.54. The first-order chi connectivity index (χ1) is 10.4. The molecule has 1 aliphatic rings. The summed E-state index contributed by atoms with van der Waals surface area (Å²) in [6.45, 7) is 6.26. The van der Waals surface area contributed by atoms with Gasteiger partial charge in [-0.15, -0.1) is 0 Å². The number of hydrogen-bond acceptors (Lipinski definition) is 4. The quantitative estimate of drug-likeness (QED) is 0.855. The molecule has 1 atom stereocenters. The van der Waals surface area contributed by atoms with E-state index in [0.717, 1.165) is 25.3 Å². The molecule has 1 fully saturated rings. The molecule has 6 heteroatoms. The van der Waals surface area contributed by atoms with Crippen LogP contribution in [0.5, 0.6) is 0 Å². The van der Waals surface area contributed by atoms with Crippen LogP contribution in [0.4, 0.5) is 5.69 Å². The van der Waals surface area contributed by atoms with Crippen molar-refractivity contribution in [1.29, 1.82) is 0 Å². The number of carbonyl (C=O) groups is 2. The number of nitrogens with one attached hydrogen (secondary N) is 1. The van der Waals surface area contributed by atoms with Gasteiger partial charge in [-0.25, -0.2) is 0 Å². The van der Waals surface area contributed by atoms with Gasteiger partial charge in [0, 0.05) is 36.8 Å². The number of piperazine rings is 1. The van der Waals surface area contributed by atoms with E-state index >= 15 is 0 Å². The van der Waals surface area contributed by atoms with E-state index in [1.54, 1.807) is 12.1 Å². The van der Waals surface area contributed by atoms with Gasteiger partial charge in [0.25, 0.3) is 0 Å². The van der Waals surface area contributed by atoms with Crippen LogP contribution in [0.15, 0.2) is 24.3 Å². The van der Waals surface area contributed by atoms with Crippen molar-refractivity contribution in [2.45, 2.75) is 20.0 Å². The van der Waals surface area contributed by atoms with E-state index in [9.17, 15) is 9.59 Å². The number of nitrogens with two attached hydrogens (primary N) is 1. The van der Waals surface area contributed by atoms with Gasteiger partial charge in [0.05, 0.1) is 0 Å². The van der Waals surface area contributed by atoms with Gasteiger partial charge in [0.15, 0.2) is 0 Å². The highest BCUT2D eigenvalue weighted by Gasteiger charge is 2.27. The fraction of sp³-hybridized carbons (Fsp3) is 0.500. The van der Waals surface area contributed by atoms with E-state index < -0.39 is 5.91 Å². The van der Waals surface area contributed by atoms with Gasteiger partial charge in [0.1, 0.15) is 6.17 Å². The summed E-state index contributed by atoms with van der Waals surface area (Å²) in [4.78, 5) is 27.5.